The quantitative estimate of drug-likeness (QED) is 0.505. The average molecular weight is 399 g/mol. The third kappa shape index (κ3) is 4.12. The normalized spacial score (nSPS) is 13.1. The number of hydrogen-bond acceptors (Lipinski definition) is 3. The van der Waals surface area contributed by atoms with Crippen molar-refractivity contribution in [2.24, 2.45) is 10.7 Å². The van der Waals surface area contributed by atoms with Crippen molar-refractivity contribution in [3.05, 3.63) is 83.9 Å². The highest BCUT2D eigenvalue weighted by Gasteiger charge is 2.25. The second kappa shape index (κ2) is 8.29. The summed E-state index contributed by atoms with van der Waals surface area (Å²) >= 11 is 0. The molecule has 30 heavy (non-hydrogen) atoms. The largest absolute Gasteiger partial charge is 0.383 e. The van der Waals surface area contributed by atoms with Gasteiger partial charge < -0.3 is 16.0 Å². The van der Waals surface area contributed by atoms with E-state index in [4.69, 9.17) is 5.73 Å². The molecular formula is C24H25N5O. The van der Waals surface area contributed by atoms with Gasteiger partial charge in [-0.25, -0.2) is 9.79 Å². The fourth-order valence-corrected chi connectivity index (χ4v) is 3.53. The zero-order chi connectivity index (χ0) is 21.1. The van der Waals surface area contributed by atoms with E-state index < -0.39 is 0 Å². The van der Waals surface area contributed by atoms with Crippen molar-refractivity contribution >= 4 is 34.6 Å². The van der Waals surface area contributed by atoms with Crippen LogP contribution in [-0.4, -0.2) is 32.5 Å². The summed E-state index contributed by atoms with van der Waals surface area (Å²) in [6.45, 7) is 0.662. The molecule has 0 saturated carbocycles. The predicted octanol–water partition coefficient (Wildman–Crippen LogP) is 4.38. The second-order valence-electron chi connectivity index (χ2n) is 7.45. The van der Waals surface area contributed by atoms with Crippen LogP contribution in [-0.2, 0) is 6.42 Å². The SMILES string of the molecule is CN(C)c1ccc2c(c1)CCN2C(=O)Nc1cccc(C(N)=Nc2ccccc2)c1. The number of amides is 2. The summed E-state index contributed by atoms with van der Waals surface area (Å²) in [5.74, 6) is 0.403. The molecule has 0 saturated heterocycles. The van der Waals surface area contributed by atoms with E-state index >= 15 is 0 Å². The number of nitrogens with two attached hydrogens (primary N) is 1. The molecule has 6 nitrogen and oxygen atoms in total. The van der Waals surface area contributed by atoms with E-state index in [1.807, 2.05) is 80.8 Å². The van der Waals surface area contributed by atoms with E-state index in [1.165, 1.54) is 5.56 Å². The van der Waals surface area contributed by atoms with Crippen molar-refractivity contribution in [3.63, 3.8) is 0 Å². The number of benzene rings is 3. The molecular weight excluding hydrogens is 374 g/mol. The molecule has 0 radical (unpaired) electrons. The molecule has 4 rings (SSSR count). The maximum Gasteiger partial charge on any atom is 0.326 e. The van der Waals surface area contributed by atoms with Gasteiger partial charge >= 0.3 is 6.03 Å². The number of amidine groups is 1. The molecule has 1 aliphatic heterocycles. The summed E-state index contributed by atoms with van der Waals surface area (Å²) in [4.78, 5) is 21.2. The molecule has 3 aromatic carbocycles. The third-order valence-electron chi connectivity index (χ3n) is 5.14. The number of urea groups is 1. The number of rotatable bonds is 4. The Hall–Kier alpha value is -3.80. The molecule has 1 aliphatic rings. The molecule has 2 amide bonds. The Balaban J connectivity index is 1.50. The van der Waals surface area contributed by atoms with Gasteiger partial charge in [0, 0.05) is 43.3 Å². The zero-order valence-electron chi connectivity index (χ0n) is 17.2. The first kappa shape index (κ1) is 19.5. The van der Waals surface area contributed by atoms with Crippen molar-refractivity contribution in [3.8, 4) is 0 Å². The Morgan fingerprint density at radius 3 is 2.60 bits per heavy atom. The number of nitrogens with zero attached hydrogens (tertiary/aromatic N) is 3. The number of carbonyl (C=O) groups excluding carboxylic acids is 1. The summed E-state index contributed by atoms with van der Waals surface area (Å²) in [5.41, 5.74) is 11.7. The molecule has 0 unspecified atom stereocenters. The van der Waals surface area contributed by atoms with Crippen LogP contribution in [0, 0.1) is 0 Å². The second-order valence-corrected chi connectivity index (χ2v) is 7.45. The lowest BCUT2D eigenvalue weighted by Gasteiger charge is -2.19. The highest BCUT2D eigenvalue weighted by molar-refractivity contribution is 6.05. The molecule has 3 aromatic rings. The van der Waals surface area contributed by atoms with Gasteiger partial charge in [-0.05, 0) is 54.4 Å². The maximum absolute atomic E-state index is 12.9. The maximum atomic E-state index is 12.9. The lowest BCUT2D eigenvalue weighted by atomic mass is 10.1. The summed E-state index contributed by atoms with van der Waals surface area (Å²) < 4.78 is 0. The smallest absolute Gasteiger partial charge is 0.326 e. The molecule has 0 aromatic heterocycles. The Kier molecular flexibility index (Phi) is 5.39. The minimum atomic E-state index is -0.151. The first-order valence-electron chi connectivity index (χ1n) is 9.90. The number of nitrogens with one attached hydrogen (secondary N) is 1. The first-order valence-corrected chi connectivity index (χ1v) is 9.90. The third-order valence-corrected chi connectivity index (χ3v) is 5.14. The van der Waals surface area contributed by atoms with Gasteiger partial charge in [0.05, 0.1) is 5.69 Å². The Bertz CT molecular complexity index is 1090. The Labute approximate surface area is 176 Å². The first-order chi connectivity index (χ1) is 14.5. The van der Waals surface area contributed by atoms with Gasteiger partial charge in [-0.2, -0.15) is 0 Å². The summed E-state index contributed by atoms with van der Waals surface area (Å²) in [6.07, 6.45) is 0.848. The van der Waals surface area contributed by atoms with E-state index in [9.17, 15) is 4.79 Å². The van der Waals surface area contributed by atoms with E-state index in [0.29, 0.717) is 18.1 Å². The van der Waals surface area contributed by atoms with Crippen LogP contribution in [0.3, 0.4) is 0 Å². The van der Waals surface area contributed by atoms with Crippen LogP contribution < -0.4 is 20.9 Å². The highest BCUT2D eigenvalue weighted by Crippen LogP contribution is 2.31. The molecule has 6 heteroatoms. The highest BCUT2D eigenvalue weighted by atomic mass is 16.2. The van der Waals surface area contributed by atoms with Gasteiger partial charge in [0.1, 0.15) is 5.84 Å². The van der Waals surface area contributed by atoms with Gasteiger partial charge in [-0.3, -0.25) is 4.90 Å². The standard InChI is InChI=1S/C24H25N5O/c1-28(2)21-11-12-22-17(16-21)13-14-29(22)24(30)27-20-10-6-7-18(15-20)23(25)26-19-8-4-3-5-9-19/h3-12,15-16H,13-14H2,1-2H3,(H2,25,26)(H,27,30). The Morgan fingerprint density at radius 2 is 1.83 bits per heavy atom. The molecule has 0 spiro atoms. The Morgan fingerprint density at radius 1 is 1.03 bits per heavy atom. The minimum absolute atomic E-state index is 0.151. The molecule has 0 aliphatic carbocycles. The van der Waals surface area contributed by atoms with Gasteiger partial charge in [-0.1, -0.05) is 30.3 Å². The van der Waals surface area contributed by atoms with Crippen molar-refractivity contribution < 1.29 is 4.79 Å². The fourth-order valence-electron chi connectivity index (χ4n) is 3.53. The van der Waals surface area contributed by atoms with Crippen molar-refractivity contribution in [1.82, 2.24) is 0 Å². The molecule has 152 valence electrons. The van der Waals surface area contributed by atoms with Gasteiger partial charge in [-0.15, -0.1) is 0 Å². The summed E-state index contributed by atoms with van der Waals surface area (Å²) in [6, 6.07) is 23.0. The van der Waals surface area contributed by atoms with Crippen molar-refractivity contribution in [1.29, 1.82) is 0 Å². The van der Waals surface area contributed by atoms with E-state index in [-0.39, 0.29) is 6.03 Å². The fraction of sp³-hybridized carbons (Fsp3) is 0.167. The van der Waals surface area contributed by atoms with Gasteiger partial charge in [0.15, 0.2) is 0 Å². The zero-order valence-corrected chi connectivity index (χ0v) is 17.2. The van der Waals surface area contributed by atoms with Crippen LogP contribution in [0.4, 0.5) is 27.5 Å². The van der Waals surface area contributed by atoms with Gasteiger partial charge in [0.2, 0.25) is 0 Å². The molecule has 0 fully saturated rings. The van der Waals surface area contributed by atoms with Crippen LogP contribution >= 0.6 is 0 Å². The van der Waals surface area contributed by atoms with E-state index in [1.54, 1.807) is 4.90 Å². The number of para-hydroxylation sites is 1. The van der Waals surface area contributed by atoms with Crippen LogP contribution in [0.1, 0.15) is 11.1 Å². The lowest BCUT2D eigenvalue weighted by molar-refractivity contribution is 0.257. The number of aliphatic imine (C=N–C) groups is 1. The molecule has 0 bridgehead atoms. The number of anilines is 3. The van der Waals surface area contributed by atoms with Gasteiger partial charge in [0.25, 0.3) is 0 Å². The lowest BCUT2D eigenvalue weighted by Crippen LogP contribution is -2.33. The van der Waals surface area contributed by atoms with E-state index in [0.717, 1.165) is 29.0 Å². The topological polar surface area (TPSA) is 74.0 Å². The monoisotopic (exact) mass is 399 g/mol. The van der Waals surface area contributed by atoms with Crippen LogP contribution in [0.15, 0.2) is 77.8 Å². The summed E-state index contributed by atoms with van der Waals surface area (Å²) in [7, 11) is 4.03. The average Bonchev–Trinajstić information content (AvgIpc) is 3.18. The molecule has 1 heterocycles. The number of fused-ring (bicyclic) bond motifs is 1. The van der Waals surface area contributed by atoms with Crippen LogP contribution in [0.2, 0.25) is 0 Å². The summed E-state index contributed by atoms with van der Waals surface area (Å²) in [5, 5.41) is 2.99. The van der Waals surface area contributed by atoms with Crippen molar-refractivity contribution in [2.45, 2.75) is 6.42 Å². The molecule has 0 atom stereocenters. The number of hydrogen-bond donors (Lipinski definition) is 2. The molecule has 3 N–H and O–H groups in total. The predicted molar refractivity (Wildman–Crippen MR) is 124 cm³/mol. The van der Waals surface area contributed by atoms with Crippen LogP contribution in [0.5, 0.6) is 0 Å². The minimum Gasteiger partial charge on any atom is -0.383 e. The van der Waals surface area contributed by atoms with Crippen LogP contribution in [0.25, 0.3) is 0 Å². The van der Waals surface area contributed by atoms with Crippen molar-refractivity contribution in [2.75, 3.05) is 35.8 Å². The number of carbonyl (C=O) groups is 1. The van der Waals surface area contributed by atoms with E-state index in [2.05, 4.69) is 21.3 Å².